The number of ether oxygens (including phenoxy) is 2. The molecule has 0 N–H and O–H groups in total. The van der Waals surface area contributed by atoms with Gasteiger partial charge < -0.3 is 18.8 Å². The fraction of sp³-hybridized carbons (Fsp3) is 0.450. The number of methoxy groups -OCH3 is 1. The first kappa shape index (κ1) is 17.7. The van der Waals surface area contributed by atoms with Gasteiger partial charge in [-0.15, -0.1) is 0 Å². The van der Waals surface area contributed by atoms with Crippen LogP contribution in [0.2, 0.25) is 0 Å². The number of anilines is 1. The van der Waals surface area contributed by atoms with Gasteiger partial charge in [0, 0.05) is 26.6 Å². The lowest BCUT2D eigenvalue weighted by Crippen LogP contribution is -2.34. The van der Waals surface area contributed by atoms with Crippen LogP contribution in [-0.2, 0) is 11.2 Å². The third kappa shape index (κ3) is 4.03. The molecule has 27 heavy (non-hydrogen) atoms. The summed E-state index contributed by atoms with van der Waals surface area (Å²) >= 11 is 0. The van der Waals surface area contributed by atoms with Crippen LogP contribution in [0.4, 0.5) is 5.82 Å². The topological polar surface area (TPSA) is 73.5 Å². The van der Waals surface area contributed by atoms with Crippen molar-refractivity contribution in [3.8, 4) is 5.75 Å². The smallest absolute Gasteiger partial charge is 0.252 e. The maximum atomic E-state index is 5.86. The highest BCUT2D eigenvalue weighted by atomic mass is 16.5. The van der Waals surface area contributed by atoms with E-state index in [9.17, 15) is 0 Å². The van der Waals surface area contributed by atoms with E-state index in [2.05, 4.69) is 32.0 Å². The molecule has 1 unspecified atom stereocenters. The molecule has 1 atom stereocenters. The Balaban J connectivity index is 1.57. The van der Waals surface area contributed by atoms with E-state index >= 15 is 0 Å². The van der Waals surface area contributed by atoms with Crippen molar-refractivity contribution >= 4 is 17.0 Å². The summed E-state index contributed by atoms with van der Waals surface area (Å²) in [4.78, 5) is 15.5. The van der Waals surface area contributed by atoms with Gasteiger partial charge in [0.2, 0.25) is 0 Å². The van der Waals surface area contributed by atoms with Crippen molar-refractivity contribution in [3.63, 3.8) is 0 Å². The maximum Gasteiger partial charge on any atom is 0.252 e. The average molecular weight is 368 g/mol. The summed E-state index contributed by atoms with van der Waals surface area (Å²) in [6, 6.07) is 8.17. The molecule has 0 spiro atoms. The molecule has 1 fully saturated rings. The first-order chi connectivity index (χ1) is 13.2. The molecule has 0 radical (unpaired) electrons. The average Bonchev–Trinajstić information content (AvgIpc) is 3.33. The molecule has 7 nitrogen and oxygen atoms in total. The number of hydrogen-bond donors (Lipinski definition) is 0. The molecule has 3 aromatic rings. The largest absolute Gasteiger partial charge is 0.497 e. The van der Waals surface area contributed by atoms with Crippen LogP contribution in [0.15, 0.2) is 35.0 Å². The van der Waals surface area contributed by atoms with Gasteiger partial charge >= 0.3 is 0 Å². The van der Waals surface area contributed by atoms with Crippen LogP contribution in [0.5, 0.6) is 5.75 Å². The van der Waals surface area contributed by atoms with Crippen molar-refractivity contribution in [2.24, 2.45) is 0 Å². The van der Waals surface area contributed by atoms with Gasteiger partial charge in [-0.05, 0) is 37.0 Å². The van der Waals surface area contributed by atoms with Gasteiger partial charge in [-0.2, -0.15) is 4.98 Å². The van der Waals surface area contributed by atoms with Crippen LogP contribution in [0, 0.1) is 6.92 Å². The lowest BCUT2D eigenvalue weighted by Gasteiger charge is -2.26. The van der Waals surface area contributed by atoms with Gasteiger partial charge in [-0.25, -0.2) is 9.97 Å². The third-order valence-electron chi connectivity index (χ3n) is 4.86. The van der Waals surface area contributed by atoms with E-state index in [4.69, 9.17) is 13.9 Å². The Morgan fingerprint density at radius 1 is 1.22 bits per heavy atom. The Bertz CT molecular complexity index is 888. The summed E-state index contributed by atoms with van der Waals surface area (Å²) in [6.45, 7) is 4.25. The Morgan fingerprint density at radius 2 is 2.07 bits per heavy atom. The highest BCUT2D eigenvalue weighted by molar-refractivity contribution is 5.81. The molecule has 0 bridgehead atoms. The van der Waals surface area contributed by atoms with Crippen LogP contribution in [0.25, 0.3) is 11.2 Å². The number of hydrogen-bond acceptors (Lipinski definition) is 7. The number of aromatic nitrogens is 3. The number of fused-ring (bicyclic) bond motifs is 1. The van der Waals surface area contributed by atoms with Crippen molar-refractivity contribution in [1.82, 2.24) is 15.0 Å². The van der Waals surface area contributed by atoms with Crippen molar-refractivity contribution < 1.29 is 13.9 Å². The van der Waals surface area contributed by atoms with E-state index in [1.165, 1.54) is 11.9 Å². The number of aryl methyl sites for hydroxylation is 1. The molecule has 142 valence electrons. The minimum Gasteiger partial charge on any atom is -0.497 e. The summed E-state index contributed by atoms with van der Waals surface area (Å²) in [5.41, 5.74) is 2.48. The second-order valence-corrected chi connectivity index (χ2v) is 6.76. The zero-order valence-electron chi connectivity index (χ0n) is 15.7. The molecule has 1 aliphatic heterocycles. The van der Waals surface area contributed by atoms with E-state index in [1.807, 2.05) is 19.1 Å². The van der Waals surface area contributed by atoms with Gasteiger partial charge in [0.25, 0.3) is 5.71 Å². The molecule has 2 aromatic heterocycles. The predicted octanol–water partition coefficient (Wildman–Crippen LogP) is 3.16. The molecule has 1 aromatic carbocycles. The molecule has 0 saturated carbocycles. The van der Waals surface area contributed by atoms with E-state index in [-0.39, 0.29) is 6.10 Å². The Labute approximate surface area is 158 Å². The van der Waals surface area contributed by atoms with Crippen molar-refractivity contribution in [3.05, 3.63) is 42.0 Å². The van der Waals surface area contributed by atoms with Crippen molar-refractivity contribution in [2.45, 2.75) is 32.3 Å². The monoisotopic (exact) mass is 368 g/mol. The second kappa shape index (κ2) is 7.92. The highest BCUT2D eigenvalue weighted by Gasteiger charge is 2.23. The molecule has 7 heteroatoms. The van der Waals surface area contributed by atoms with Crippen LogP contribution in [0.3, 0.4) is 0 Å². The standard InChI is InChI=1S/C20H24N4O3/c1-14-23-18-19(21-13-22-20(18)27-14)24(12-17-4-3-11-26-17)10-9-15-5-7-16(25-2)8-6-15/h5-8,13,17H,3-4,9-12H2,1-2H3. The highest BCUT2D eigenvalue weighted by Crippen LogP contribution is 2.25. The molecular formula is C20H24N4O3. The fourth-order valence-corrected chi connectivity index (χ4v) is 3.45. The second-order valence-electron chi connectivity index (χ2n) is 6.76. The number of rotatable bonds is 7. The molecular weight excluding hydrogens is 344 g/mol. The summed E-state index contributed by atoms with van der Waals surface area (Å²) in [5, 5.41) is 0. The normalized spacial score (nSPS) is 16.7. The zero-order valence-corrected chi connectivity index (χ0v) is 15.7. The summed E-state index contributed by atoms with van der Waals surface area (Å²) in [7, 11) is 1.68. The molecule has 4 rings (SSSR count). The predicted molar refractivity (Wildman–Crippen MR) is 102 cm³/mol. The zero-order chi connectivity index (χ0) is 18.6. The van der Waals surface area contributed by atoms with Gasteiger partial charge in [-0.1, -0.05) is 12.1 Å². The minimum atomic E-state index is 0.221. The van der Waals surface area contributed by atoms with Gasteiger partial charge in [0.05, 0.1) is 13.2 Å². The van der Waals surface area contributed by atoms with Gasteiger partial charge in [-0.3, -0.25) is 0 Å². The Kier molecular flexibility index (Phi) is 5.20. The molecule has 1 aliphatic rings. The number of oxazole rings is 1. The van der Waals surface area contributed by atoms with Gasteiger partial charge in [0.1, 0.15) is 12.1 Å². The van der Waals surface area contributed by atoms with E-state index in [0.717, 1.165) is 50.5 Å². The van der Waals surface area contributed by atoms with Crippen molar-refractivity contribution in [2.75, 3.05) is 31.7 Å². The van der Waals surface area contributed by atoms with E-state index in [1.54, 1.807) is 7.11 Å². The first-order valence-corrected chi connectivity index (χ1v) is 9.30. The Morgan fingerprint density at radius 3 is 2.81 bits per heavy atom. The molecule has 3 heterocycles. The quantitative estimate of drug-likeness (QED) is 0.634. The third-order valence-corrected chi connectivity index (χ3v) is 4.86. The molecule has 0 amide bonds. The molecule has 1 saturated heterocycles. The minimum absolute atomic E-state index is 0.221. The first-order valence-electron chi connectivity index (χ1n) is 9.30. The van der Waals surface area contributed by atoms with Crippen LogP contribution < -0.4 is 9.64 Å². The van der Waals surface area contributed by atoms with Gasteiger partial charge in [0.15, 0.2) is 17.2 Å². The summed E-state index contributed by atoms with van der Waals surface area (Å²) in [5.74, 6) is 2.27. The summed E-state index contributed by atoms with van der Waals surface area (Å²) in [6.07, 6.45) is 4.83. The van der Waals surface area contributed by atoms with E-state index in [0.29, 0.717) is 17.1 Å². The number of nitrogens with zero attached hydrogens (tertiary/aromatic N) is 4. The van der Waals surface area contributed by atoms with E-state index < -0.39 is 0 Å². The van der Waals surface area contributed by atoms with Crippen molar-refractivity contribution in [1.29, 1.82) is 0 Å². The lowest BCUT2D eigenvalue weighted by molar-refractivity contribution is 0.115. The fourth-order valence-electron chi connectivity index (χ4n) is 3.45. The Hall–Kier alpha value is -2.67. The van der Waals surface area contributed by atoms with Crippen LogP contribution in [-0.4, -0.2) is 47.9 Å². The van der Waals surface area contributed by atoms with Crippen LogP contribution >= 0.6 is 0 Å². The molecule has 0 aliphatic carbocycles. The summed E-state index contributed by atoms with van der Waals surface area (Å²) < 4.78 is 16.7. The maximum absolute atomic E-state index is 5.86. The lowest BCUT2D eigenvalue weighted by atomic mass is 10.1. The SMILES string of the molecule is COc1ccc(CCN(CC2CCCO2)c2ncnc3oc(C)nc23)cc1. The van der Waals surface area contributed by atoms with Crippen LogP contribution in [0.1, 0.15) is 24.3 Å². The number of benzene rings is 1.